The van der Waals surface area contributed by atoms with Crippen LogP contribution in [0, 0.1) is 10.1 Å². The molecule has 8 heteroatoms. The molecule has 0 unspecified atom stereocenters. The third-order valence-corrected chi connectivity index (χ3v) is 6.10. The summed E-state index contributed by atoms with van der Waals surface area (Å²) < 4.78 is 13.7. The van der Waals surface area contributed by atoms with Gasteiger partial charge in [-0.1, -0.05) is 0 Å². The Labute approximate surface area is 121 Å². The second kappa shape index (κ2) is 5.55. The molecule has 0 bridgehead atoms. The summed E-state index contributed by atoms with van der Waals surface area (Å²) in [5.41, 5.74) is 0.560. The minimum atomic E-state index is -1.15. The lowest BCUT2D eigenvalue weighted by Crippen LogP contribution is -2.27. The summed E-state index contributed by atoms with van der Waals surface area (Å²) in [4.78, 5) is 14.6. The molecular formula is C12H13N3O3S2. The van der Waals surface area contributed by atoms with E-state index in [1.165, 1.54) is 23.5 Å². The van der Waals surface area contributed by atoms with E-state index in [0.29, 0.717) is 15.6 Å². The van der Waals surface area contributed by atoms with Crippen molar-refractivity contribution in [3.8, 4) is 0 Å². The van der Waals surface area contributed by atoms with Gasteiger partial charge in [-0.05, 0) is 25.5 Å². The number of hydrogen-bond acceptors (Lipinski definition) is 6. The van der Waals surface area contributed by atoms with Crippen LogP contribution in [0.15, 0.2) is 22.5 Å². The standard InChI is InChI=1S/C12H13N3O3S2/c16-15(17)9-3-4-11-10(6-9)14-12(19-11)20(18)7-8-2-1-5-13-8/h3-4,6,8,13H,1-2,5,7H2/t8-,20-/m1/s1. The largest absolute Gasteiger partial charge is 0.313 e. The Balaban J connectivity index is 1.84. The van der Waals surface area contributed by atoms with Crippen LogP contribution >= 0.6 is 11.3 Å². The molecule has 0 spiro atoms. The zero-order chi connectivity index (χ0) is 14.1. The molecule has 1 saturated heterocycles. The van der Waals surface area contributed by atoms with Gasteiger partial charge in [-0.2, -0.15) is 0 Å². The first-order valence-corrected chi connectivity index (χ1v) is 8.44. The van der Waals surface area contributed by atoms with E-state index in [2.05, 4.69) is 10.3 Å². The van der Waals surface area contributed by atoms with E-state index >= 15 is 0 Å². The minimum Gasteiger partial charge on any atom is -0.313 e. The van der Waals surface area contributed by atoms with Gasteiger partial charge in [0.1, 0.15) is 0 Å². The topological polar surface area (TPSA) is 85.1 Å². The first-order valence-electron chi connectivity index (χ1n) is 6.30. The van der Waals surface area contributed by atoms with Gasteiger partial charge in [-0.25, -0.2) is 4.98 Å². The molecule has 6 nitrogen and oxygen atoms in total. The third kappa shape index (κ3) is 2.72. The fourth-order valence-electron chi connectivity index (χ4n) is 2.26. The summed E-state index contributed by atoms with van der Waals surface area (Å²) in [6.07, 6.45) is 2.16. The summed E-state index contributed by atoms with van der Waals surface area (Å²) in [5.74, 6) is 0.557. The minimum absolute atomic E-state index is 0.0117. The fraction of sp³-hybridized carbons (Fsp3) is 0.417. The molecule has 2 atom stereocenters. The number of nitrogens with one attached hydrogen (secondary N) is 1. The van der Waals surface area contributed by atoms with Crippen LogP contribution < -0.4 is 5.32 Å². The van der Waals surface area contributed by atoms with Gasteiger partial charge in [0.15, 0.2) is 4.34 Å². The lowest BCUT2D eigenvalue weighted by atomic mass is 10.3. The number of thiazole rings is 1. The van der Waals surface area contributed by atoms with Gasteiger partial charge in [0, 0.05) is 23.9 Å². The lowest BCUT2D eigenvalue weighted by molar-refractivity contribution is -0.384. The number of rotatable bonds is 4. The summed E-state index contributed by atoms with van der Waals surface area (Å²) in [6, 6.07) is 4.84. The molecule has 1 aromatic carbocycles. The SMILES string of the molecule is O=[N+]([O-])c1ccc2sc([S@](=O)C[C@H]3CCCN3)nc2c1. The first kappa shape index (κ1) is 13.6. The molecule has 3 rings (SSSR count). The first-order chi connectivity index (χ1) is 9.63. The van der Waals surface area contributed by atoms with Crippen molar-refractivity contribution in [2.24, 2.45) is 0 Å². The number of hydrogen-bond donors (Lipinski definition) is 1. The third-order valence-electron chi connectivity index (χ3n) is 3.27. The Bertz CT molecular complexity index is 680. The van der Waals surface area contributed by atoms with E-state index in [9.17, 15) is 14.3 Å². The van der Waals surface area contributed by atoms with E-state index in [-0.39, 0.29) is 11.7 Å². The molecule has 1 aromatic heterocycles. The normalized spacial score (nSPS) is 20.3. The highest BCUT2D eigenvalue weighted by Crippen LogP contribution is 2.28. The van der Waals surface area contributed by atoms with Crippen LogP contribution in [-0.4, -0.2) is 32.5 Å². The number of nitrogens with zero attached hydrogens (tertiary/aromatic N) is 2. The predicted octanol–water partition coefficient (Wildman–Crippen LogP) is 2.06. The monoisotopic (exact) mass is 311 g/mol. The highest BCUT2D eigenvalue weighted by atomic mass is 32.2. The molecule has 1 aliphatic heterocycles. The van der Waals surface area contributed by atoms with Gasteiger partial charge in [0.25, 0.3) is 5.69 Å². The van der Waals surface area contributed by atoms with E-state index in [4.69, 9.17) is 0 Å². The van der Waals surface area contributed by atoms with E-state index in [1.54, 1.807) is 6.07 Å². The Morgan fingerprint density at radius 3 is 3.10 bits per heavy atom. The molecule has 0 radical (unpaired) electrons. The quantitative estimate of drug-likeness (QED) is 0.690. The zero-order valence-corrected chi connectivity index (χ0v) is 12.2. The Kier molecular flexibility index (Phi) is 3.77. The van der Waals surface area contributed by atoms with Crippen molar-refractivity contribution in [1.29, 1.82) is 0 Å². The average Bonchev–Trinajstić information content (AvgIpc) is 3.05. The van der Waals surface area contributed by atoms with Crippen molar-refractivity contribution >= 4 is 38.0 Å². The van der Waals surface area contributed by atoms with Crippen LogP contribution in [-0.2, 0) is 10.8 Å². The molecule has 1 fully saturated rings. The highest BCUT2D eigenvalue weighted by Gasteiger charge is 2.20. The second-order valence-electron chi connectivity index (χ2n) is 4.69. The van der Waals surface area contributed by atoms with Crippen LogP contribution in [0.3, 0.4) is 0 Å². The van der Waals surface area contributed by atoms with Gasteiger partial charge in [-0.3, -0.25) is 14.3 Å². The van der Waals surface area contributed by atoms with Gasteiger partial charge >= 0.3 is 0 Å². The summed E-state index contributed by atoms with van der Waals surface area (Å²) in [6.45, 7) is 0.980. The number of fused-ring (bicyclic) bond motifs is 1. The summed E-state index contributed by atoms with van der Waals surface area (Å²) in [7, 11) is -1.15. The van der Waals surface area contributed by atoms with Crippen LogP contribution in [0.5, 0.6) is 0 Å². The van der Waals surface area contributed by atoms with E-state index in [1.807, 2.05) is 0 Å². The van der Waals surface area contributed by atoms with Crippen LogP contribution in [0.1, 0.15) is 12.8 Å². The average molecular weight is 311 g/mol. The number of aromatic nitrogens is 1. The highest BCUT2D eigenvalue weighted by molar-refractivity contribution is 7.87. The summed E-state index contributed by atoms with van der Waals surface area (Å²) in [5, 5.41) is 14.0. The zero-order valence-electron chi connectivity index (χ0n) is 10.6. The van der Waals surface area contributed by atoms with Crippen molar-refractivity contribution in [3.63, 3.8) is 0 Å². The maximum Gasteiger partial charge on any atom is 0.271 e. The number of non-ortho nitro benzene ring substituents is 1. The number of benzene rings is 1. The molecule has 0 aliphatic carbocycles. The van der Waals surface area contributed by atoms with Crippen molar-refractivity contribution in [2.45, 2.75) is 23.2 Å². The van der Waals surface area contributed by atoms with Crippen molar-refractivity contribution in [3.05, 3.63) is 28.3 Å². The maximum absolute atomic E-state index is 12.3. The van der Waals surface area contributed by atoms with Crippen LogP contribution in [0.25, 0.3) is 10.2 Å². The van der Waals surface area contributed by atoms with Gasteiger partial charge in [-0.15, -0.1) is 11.3 Å². The maximum atomic E-state index is 12.3. The Hall–Kier alpha value is -1.38. The molecule has 2 heterocycles. The van der Waals surface area contributed by atoms with Crippen molar-refractivity contribution < 1.29 is 9.13 Å². The molecule has 2 aromatic rings. The van der Waals surface area contributed by atoms with Crippen molar-refractivity contribution in [1.82, 2.24) is 10.3 Å². The number of nitro groups is 1. The van der Waals surface area contributed by atoms with Crippen LogP contribution in [0.4, 0.5) is 5.69 Å². The molecule has 1 aliphatic rings. The fourth-order valence-corrected chi connectivity index (χ4v) is 4.77. The predicted molar refractivity (Wildman–Crippen MR) is 78.6 cm³/mol. The molecule has 0 saturated carbocycles. The van der Waals surface area contributed by atoms with Gasteiger partial charge in [0.2, 0.25) is 0 Å². The lowest BCUT2D eigenvalue weighted by Gasteiger charge is -2.07. The Morgan fingerprint density at radius 2 is 2.40 bits per heavy atom. The molecular weight excluding hydrogens is 298 g/mol. The molecule has 106 valence electrons. The molecule has 1 N–H and O–H groups in total. The molecule has 0 amide bonds. The van der Waals surface area contributed by atoms with E-state index < -0.39 is 15.7 Å². The van der Waals surface area contributed by atoms with Gasteiger partial charge in [0.05, 0.1) is 25.9 Å². The van der Waals surface area contributed by atoms with Crippen molar-refractivity contribution in [2.75, 3.05) is 12.3 Å². The number of nitro benzene ring substituents is 1. The van der Waals surface area contributed by atoms with Gasteiger partial charge < -0.3 is 5.32 Å². The Morgan fingerprint density at radius 1 is 1.55 bits per heavy atom. The second-order valence-corrected chi connectivity index (χ2v) is 7.39. The molecule has 20 heavy (non-hydrogen) atoms. The van der Waals surface area contributed by atoms with E-state index in [0.717, 1.165) is 24.1 Å². The van der Waals surface area contributed by atoms with Crippen LogP contribution in [0.2, 0.25) is 0 Å². The summed E-state index contributed by atoms with van der Waals surface area (Å²) >= 11 is 1.35. The smallest absolute Gasteiger partial charge is 0.271 e.